The number of aromatic nitrogens is 2. The summed E-state index contributed by atoms with van der Waals surface area (Å²) in [4.78, 5) is 28.9. The molecule has 7 heteroatoms. The third-order valence-corrected chi connectivity index (χ3v) is 5.83. The minimum atomic E-state index is -0.253. The van der Waals surface area contributed by atoms with Crippen LogP contribution in [0.3, 0.4) is 0 Å². The van der Waals surface area contributed by atoms with Gasteiger partial charge in [-0.3, -0.25) is 14.2 Å². The summed E-state index contributed by atoms with van der Waals surface area (Å²) in [6, 6.07) is 18.2. The zero-order chi connectivity index (χ0) is 22.8. The van der Waals surface area contributed by atoms with Crippen molar-refractivity contribution < 1.29 is 9.53 Å². The van der Waals surface area contributed by atoms with Gasteiger partial charge in [-0.2, -0.15) is 0 Å². The predicted octanol–water partition coefficient (Wildman–Crippen LogP) is 4.99. The van der Waals surface area contributed by atoms with Crippen molar-refractivity contribution in [3.05, 3.63) is 98.0 Å². The van der Waals surface area contributed by atoms with Crippen molar-refractivity contribution in [2.45, 2.75) is 20.4 Å². The quantitative estimate of drug-likeness (QED) is 0.425. The van der Waals surface area contributed by atoms with E-state index < -0.39 is 0 Å². The normalized spacial score (nSPS) is 10.8. The van der Waals surface area contributed by atoms with Crippen molar-refractivity contribution in [3.8, 4) is 5.75 Å². The number of carbonyl (C=O) groups is 1. The van der Waals surface area contributed by atoms with Crippen LogP contribution in [0.1, 0.15) is 27.0 Å². The molecule has 0 atom stereocenters. The van der Waals surface area contributed by atoms with E-state index in [9.17, 15) is 9.59 Å². The van der Waals surface area contributed by atoms with Gasteiger partial charge in [-0.1, -0.05) is 18.2 Å². The molecule has 0 aliphatic rings. The van der Waals surface area contributed by atoms with Gasteiger partial charge in [-0.25, -0.2) is 0 Å². The van der Waals surface area contributed by atoms with Crippen LogP contribution in [0.2, 0.25) is 0 Å². The molecular weight excluding hydrogens is 422 g/mol. The lowest BCUT2D eigenvalue weighted by atomic mass is 10.1. The molecule has 0 spiro atoms. The molecule has 1 heterocycles. The summed E-state index contributed by atoms with van der Waals surface area (Å²) in [5, 5.41) is 3.37. The Hall–Kier alpha value is -3.71. The lowest BCUT2D eigenvalue weighted by Gasteiger charge is -2.11. The first kappa shape index (κ1) is 21.5. The molecule has 0 bridgehead atoms. The van der Waals surface area contributed by atoms with Crippen molar-refractivity contribution in [3.63, 3.8) is 0 Å². The fraction of sp³-hybridized carbons (Fsp3) is 0.160. The maximum atomic E-state index is 13.1. The molecule has 0 radical (unpaired) electrons. The van der Waals surface area contributed by atoms with Gasteiger partial charge in [0, 0.05) is 11.3 Å². The highest BCUT2D eigenvalue weighted by Crippen LogP contribution is 2.17. The minimum Gasteiger partial charge on any atom is -0.497 e. The topological polar surface area (TPSA) is 76.1 Å². The van der Waals surface area contributed by atoms with Crippen LogP contribution < -0.4 is 15.6 Å². The number of benzene rings is 3. The van der Waals surface area contributed by atoms with Crippen LogP contribution in [-0.4, -0.2) is 22.6 Å². The third-order valence-electron chi connectivity index (χ3n) is 5.51. The molecular formula is C25H23N3O3S. The Morgan fingerprint density at radius 3 is 2.47 bits per heavy atom. The molecule has 162 valence electrons. The number of fused-ring (bicyclic) bond motifs is 1. The molecule has 1 aromatic heterocycles. The van der Waals surface area contributed by atoms with Gasteiger partial charge in [-0.05, 0) is 85.2 Å². The number of methoxy groups -OCH3 is 1. The zero-order valence-electron chi connectivity index (χ0n) is 18.1. The van der Waals surface area contributed by atoms with E-state index in [2.05, 4.69) is 10.3 Å². The molecule has 4 rings (SSSR count). The monoisotopic (exact) mass is 445 g/mol. The second-order valence-electron chi connectivity index (χ2n) is 7.68. The van der Waals surface area contributed by atoms with Gasteiger partial charge in [0.05, 0.1) is 24.6 Å². The molecule has 2 N–H and O–H groups in total. The average molecular weight is 446 g/mol. The third kappa shape index (κ3) is 4.33. The summed E-state index contributed by atoms with van der Waals surface area (Å²) >= 11 is 5.44. The number of H-pyrrole nitrogens is 1. The lowest BCUT2D eigenvalue weighted by Crippen LogP contribution is -2.23. The standard InChI is InChI=1S/C25H23N3O3S/c1-15-4-8-19(12-16(15)2)26-23(29)18-7-11-21-22(13-18)27-25(32)28(24(21)30)14-17-5-9-20(31-3)10-6-17/h4-13H,14H2,1-3H3,(H,26,29)(H,27,32). The number of nitrogens with zero attached hydrogens (tertiary/aromatic N) is 1. The van der Waals surface area contributed by atoms with Crippen LogP contribution in [0.25, 0.3) is 10.9 Å². The van der Waals surface area contributed by atoms with Gasteiger partial charge in [0.25, 0.3) is 11.5 Å². The lowest BCUT2D eigenvalue weighted by molar-refractivity contribution is 0.102. The molecule has 0 aliphatic heterocycles. The van der Waals surface area contributed by atoms with E-state index in [-0.39, 0.29) is 11.5 Å². The van der Waals surface area contributed by atoms with Gasteiger partial charge >= 0.3 is 0 Å². The number of aromatic amines is 1. The SMILES string of the molecule is COc1ccc(Cn2c(=S)[nH]c3cc(C(=O)Nc4ccc(C)c(C)c4)ccc3c2=O)cc1. The van der Waals surface area contributed by atoms with Gasteiger partial charge in [0.15, 0.2) is 4.77 Å². The van der Waals surface area contributed by atoms with E-state index in [0.717, 1.165) is 28.1 Å². The number of carbonyl (C=O) groups excluding carboxylic acids is 1. The van der Waals surface area contributed by atoms with Crippen molar-refractivity contribution in [1.29, 1.82) is 0 Å². The predicted molar refractivity (Wildman–Crippen MR) is 129 cm³/mol. The van der Waals surface area contributed by atoms with Crippen molar-refractivity contribution in [1.82, 2.24) is 9.55 Å². The Balaban J connectivity index is 1.64. The van der Waals surface area contributed by atoms with Gasteiger partial charge < -0.3 is 15.0 Å². The molecule has 6 nitrogen and oxygen atoms in total. The minimum absolute atomic E-state index is 0.208. The fourth-order valence-corrected chi connectivity index (χ4v) is 3.73. The number of aryl methyl sites for hydroxylation is 2. The molecule has 0 unspecified atom stereocenters. The van der Waals surface area contributed by atoms with Gasteiger partial charge in [0.2, 0.25) is 0 Å². The summed E-state index contributed by atoms with van der Waals surface area (Å²) < 4.78 is 6.98. The van der Waals surface area contributed by atoms with Crippen LogP contribution in [0.4, 0.5) is 5.69 Å². The number of hydrogen-bond donors (Lipinski definition) is 2. The van der Waals surface area contributed by atoms with Crippen LogP contribution in [0, 0.1) is 18.6 Å². The van der Waals surface area contributed by atoms with E-state index >= 15 is 0 Å². The van der Waals surface area contributed by atoms with Crippen molar-refractivity contribution >= 4 is 34.7 Å². The fourth-order valence-electron chi connectivity index (χ4n) is 3.48. The average Bonchev–Trinajstić information content (AvgIpc) is 2.79. The molecule has 0 aliphatic carbocycles. The van der Waals surface area contributed by atoms with Gasteiger partial charge in [-0.15, -0.1) is 0 Å². The van der Waals surface area contributed by atoms with Crippen LogP contribution in [0.5, 0.6) is 5.75 Å². The van der Waals surface area contributed by atoms with Crippen LogP contribution in [-0.2, 0) is 6.54 Å². The summed E-state index contributed by atoms with van der Waals surface area (Å²) in [5.41, 5.74) is 4.67. The number of rotatable bonds is 5. The highest BCUT2D eigenvalue weighted by atomic mass is 32.1. The molecule has 1 amide bonds. The van der Waals surface area contributed by atoms with Crippen molar-refractivity contribution in [2.75, 3.05) is 12.4 Å². The second kappa shape index (κ2) is 8.80. The van der Waals surface area contributed by atoms with Crippen molar-refractivity contribution in [2.24, 2.45) is 0 Å². The first-order valence-corrected chi connectivity index (χ1v) is 10.5. The maximum Gasteiger partial charge on any atom is 0.262 e. The molecule has 0 fully saturated rings. The number of hydrogen-bond acceptors (Lipinski definition) is 4. The van der Waals surface area contributed by atoms with E-state index in [4.69, 9.17) is 17.0 Å². The molecule has 32 heavy (non-hydrogen) atoms. The first-order chi connectivity index (χ1) is 15.4. The summed E-state index contributed by atoms with van der Waals surface area (Å²) in [6.45, 7) is 4.36. The van der Waals surface area contributed by atoms with Gasteiger partial charge in [0.1, 0.15) is 5.75 Å². The molecule has 0 saturated carbocycles. The molecule has 0 saturated heterocycles. The number of amides is 1. The van der Waals surface area contributed by atoms with E-state index in [1.165, 1.54) is 4.57 Å². The number of ether oxygens (including phenoxy) is 1. The Morgan fingerprint density at radius 1 is 1.03 bits per heavy atom. The Morgan fingerprint density at radius 2 is 1.78 bits per heavy atom. The summed E-state index contributed by atoms with van der Waals surface area (Å²) in [5.74, 6) is 0.494. The first-order valence-electron chi connectivity index (χ1n) is 10.1. The number of anilines is 1. The highest BCUT2D eigenvalue weighted by Gasteiger charge is 2.12. The zero-order valence-corrected chi connectivity index (χ0v) is 18.9. The van der Waals surface area contributed by atoms with E-state index in [0.29, 0.717) is 27.8 Å². The Bertz CT molecular complexity index is 1440. The highest BCUT2D eigenvalue weighted by molar-refractivity contribution is 7.71. The van der Waals surface area contributed by atoms with Crippen LogP contribution >= 0.6 is 12.2 Å². The summed E-state index contributed by atoms with van der Waals surface area (Å²) in [7, 11) is 1.61. The Labute approximate surface area is 190 Å². The summed E-state index contributed by atoms with van der Waals surface area (Å²) in [6.07, 6.45) is 0. The van der Waals surface area contributed by atoms with E-state index in [1.807, 2.05) is 56.3 Å². The second-order valence-corrected chi connectivity index (χ2v) is 8.07. The molecule has 4 aromatic rings. The Kier molecular flexibility index (Phi) is 5.92. The maximum absolute atomic E-state index is 13.1. The van der Waals surface area contributed by atoms with E-state index in [1.54, 1.807) is 25.3 Å². The molecule has 3 aromatic carbocycles. The smallest absolute Gasteiger partial charge is 0.262 e. The number of nitrogens with one attached hydrogen (secondary N) is 2. The largest absolute Gasteiger partial charge is 0.497 e. The van der Waals surface area contributed by atoms with Crippen LogP contribution in [0.15, 0.2) is 65.5 Å².